The third kappa shape index (κ3) is 5.74. The molecule has 1 aromatic carbocycles. The lowest BCUT2D eigenvalue weighted by Crippen LogP contribution is -2.48. The molecule has 2 saturated heterocycles. The molecule has 2 bridgehead atoms. The van der Waals surface area contributed by atoms with Crippen molar-refractivity contribution in [1.82, 2.24) is 10.6 Å². The number of rotatable bonds is 7. The molecule has 2 aliphatic heterocycles. The van der Waals surface area contributed by atoms with Crippen molar-refractivity contribution in [1.29, 1.82) is 0 Å². The number of nitrogens with one attached hydrogen (secondary N) is 3. The minimum Gasteiger partial charge on any atom is -0.380 e. The van der Waals surface area contributed by atoms with Gasteiger partial charge in [-0.3, -0.25) is 4.99 Å². The topological polar surface area (TPSA) is 57.7 Å². The van der Waals surface area contributed by atoms with Gasteiger partial charge in [0.2, 0.25) is 0 Å². The number of guanidine groups is 1. The van der Waals surface area contributed by atoms with E-state index in [2.05, 4.69) is 61.0 Å². The van der Waals surface area contributed by atoms with Crippen molar-refractivity contribution in [3.8, 4) is 0 Å². The molecule has 3 rings (SSSR count). The van der Waals surface area contributed by atoms with Crippen LogP contribution in [-0.4, -0.2) is 43.3 Å². The summed E-state index contributed by atoms with van der Waals surface area (Å²) in [7, 11) is 0. The molecule has 0 saturated carbocycles. The summed E-state index contributed by atoms with van der Waals surface area (Å²) in [5.41, 5.74) is 1.15. The van der Waals surface area contributed by atoms with Gasteiger partial charge in [0.15, 0.2) is 5.96 Å². The summed E-state index contributed by atoms with van der Waals surface area (Å²) in [5.74, 6) is 1.40. The van der Waals surface area contributed by atoms with Crippen LogP contribution < -0.4 is 16.0 Å². The largest absolute Gasteiger partial charge is 0.380 e. The fourth-order valence-electron chi connectivity index (χ4n) is 3.65. The highest BCUT2D eigenvalue weighted by atomic mass is 127. The maximum Gasteiger partial charge on any atom is 0.191 e. The molecule has 2 heterocycles. The predicted octanol–water partition coefficient (Wildman–Crippen LogP) is 3.62. The molecule has 2 fully saturated rings. The van der Waals surface area contributed by atoms with Crippen LogP contribution in [0.5, 0.6) is 0 Å². The van der Waals surface area contributed by atoms with E-state index in [1.807, 2.05) is 6.07 Å². The van der Waals surface area contributed by atoms with Gasteiger partial charge >= 0.3 is 0 Å². The van der Waals surface area contributed by atoms with Crippen molar-refractivity contribution in [2.24, 2.45) is 10.9 Å². The van der Waals surface area contributed by atoms with Gasteiger partial charge in [-0.1, -0.05) is 32.0 Å². The standard InChI is InChI=1S/C20H32N4O.HI/c1-4-21-20(24-17-12-16-10-11-19(17)25-16)22-13-18(14(2)3)23-15-8-6-5-7-9-15;/h5-9,14,16-19,23H,4,10-13H2,1-3H3,(H2,21,22,24);1H. The van der Waals surface area contributed by atoms with Gasteiger partial charge in [-0.25, -0.2) is 0 Å². The molecular weight excluding hydrogens is 439 g/mol. The van der Waals surface area contributed by atoms with Crippen LogP contribution in [0.1, 0.15) is 40.0 Å². The second-order valence-corrected chi connectivity index (χ2v) is 7.44. The van der Waals surface area contributed by atoms with Crippen LogP contribution in [0.25, 0.3) is 0 Å². The van der Waals surface area contributed by atoms with E-state index in [0.717, 1.165) is 31.2 Å². The van der Waals surface area contributed by atoms with Gasteiger partial charge in [-0.05, 0) is 44.2 Å². The first-order chi connectivity index (χ1) is 12.2. The zero-order valence-electron chi connectivity index (χ0n) is 16.1. The van der Waals surface area contributed by atoms with E-state index in [0.29, 0.717) is 30.2 Å². The van der Waals surface area contributed by atoms with E-state index in [-0.39, 0.29) is 24.0 Å². The van der Waals surface area contributed by atoms with E-state index in [1.165, 1.54) is 12.8 Å². The monoisotopic (exact) mass is 472 g/mol. The van der Waals surface area contributed by atoms with Gasteiger partial charge in [0, 0.05) is 18.3 Å². The highest BCUT2D eigenvalue weighted by Crippen LogP contribution is 2.34. The molecule has 4 atom stereocenters. The van der Waals surface area contributed by atoms with Gasteiger partial charge in [0.25, 0.3) is 0 Å². The Balaban J connectivity index is 0.00000243. The average Bonchev–Trinajstić information content (AvgIpc) is 3.22. The second-order valence-electron chi connectivity index (χ2n) is 7.44. The summed E-state index contributed by atoms with van der Waals surface area (Å²) in [5, 5.41) is 10.6. The molecule has 2 aliphatic rings. The number of aliphatic imine (C=N–C) groups is 1. The molecule has 5 nitrogen and oxygen atoms in total. The van der Waals surface area contributed by atoms with Crippen molar-refractivity contribution in [3.05, 3.63) is 30.3 Å². The summed E-state index contributed by atoms with van der Waals surface area (Å²) >= 11 is 0. The zero-order chi connectivity index (χ0) is 17.6. The van der Waals surface area contributed by atoms with Crippen molar-refractivity contribution >= 4 is 35.6 Å². The molecule has 1 aromatic rings. The number of halogens is 1. The van der Waals surface area contributed by atoms with Crippen LogP contribution in [0.15, 0.2) is 35.3 Å². The Kier molecular flexibility index (Phi) is 8.47. The van der Waals surface area contributed by atoms with Gasteiger partial charge < -0.3 is 20.7 Å². The van der Waals surface area contributed by atoms with Crippen LogP contribution in [0, 0.1) is 5.92 Å². The summed E-state index contributed by atoms with van der Waals surface area (Å²) in [6, 6.07) is 11.1. The number of para-hydroxylation sites is 1. The molecule has 3 N–H and O–H groups in total. The Morgan fingerprint density at radius 2 is 2.00 bits per heavy atom. The molecule has 26 heavy (non-hydrogen) atoms. The number of ether oxygens (including phenoxy) is 1. The lowest BCUT2D eigenvalue weighted by molar-refractivity contribution is 0.0992. The molecule has 0 spiro atoms. The maximum atomic E-state index is 5.95. The summed E-state index contributed by atoms with van der Waals surface area (Å²) in [4.78, 5) is 4.85. The van der Waals surface area contributed by atoms with Crippen LogP contribution in [0.2, 0.25) is 0 Å². The van der Waals surface area contributed by atoms with Crippen LogP contribution in [0.3, 0.4) is 0 Å². The average molecular weight is 472 g/mol. The summed E-state index contributed by atoms with van der Waals surface area (Å²) in [6.07, 6.45) is 4.30. The SMILES string of the molecule is CCNC(=NCC(Nc1ccccc1)C(C)C)NC1CC2CCC1O2.I. The molecular formula is C20H33IN4O. The molecule has 6 heteroatoms. The van der Waals surface area contributed by atoms with Crippen molar-refractivity contribution in [2.45, 2.75) is 64.3 Å². The third-order valence-electron chi connectivity index (χ3n) is 5.15. The van der Waals surface area contributed by atoms with E-state index in [9.17, 15) is 0 Å². The number of anilines is 1. The number of fused-ring (bicyclic) bond motifs is 2. The van der Waals surface area contributed by atoms with Gasteiger partial charge in [-0.15, -0.1) is 24.0 Å². The number of benzene rings is 1. The van der Waals surface area contributed by atoms with Gasteiger partial charge in [0.1, 0.15) is 0 Å². The molecule has 0 aromatic heterocycles. The van der Waals surface area contributed by atoms with E-state index in [4.69, 9.17) is 9.73 Å². The molecule has 0 amide bonds. The number of hydrogen-bond donors (Lipinski definition) is 3. The van der Waals surface area contributed by atoms with E-state index >= 15 is 0 Å². The highest BCUT2D eigenvalue weighted by molar-refractivity contribution is 14.0. The highest BCUT2D eigenvalue weighted by Gasteiger charge is 2.41. The summed E-state index contributed by atoms with van der Waals surface area (Å²) < 4.78 is 5.95. The lowest BCUT2D eigenvalue weighted by Gasteiger charge is -2.25. The minimum atomic E-state index is 0. The second kappa shape index (κ2) is 10.3. The minimum absolute atomic E-state index is 0. The fourth-order valence-corrected chi connectivity index (χ4v) is 3.65. The van der Waals surface area contributed by atoms with Gasteiger partial charge in [0.05, 0.1) is 24.8 Å². The lowest BCUT2D eigenvalue weighted by atomic mass is 9.96. The Hall–Kier alpha value is -1.02. The molecule has 4 unspecified atom stereocenters. The first kappa shape index (κ1) is 21.3. The van der Waals surface area contributed by atoms with Crippen LogP contribution >= 0.6 is 24.0 Å². The Bertz CT molecular complexity index is 566. The van der Waals surface area contributed by atoms with E-state index < -0.39 is 0 Å². The molecule has 0 radical (unpaired) electrons. The van der Waals surface area contributed by atoms with Gasteiger partial charge in [-0.2, -0.15) is 0 Å². The molecule has 0 aliphatic carbocycles. The summed E-state index contributed by atoms with van der Waals surface area (Å²) in [6.45, 7) is 8.19. The Morgan fingerprint density at radius 1 is 1.23 bits per heavy atom. The third-order valence-corrected chi connectivity index (χ3v) is 5.15. The Labute approximate surface area is 174 Å². The van der Waals surface area contributed by atoms with Crippen molar-refractivity contribution in [3.63, 3.8) is 0 Å². The quantitative estimate of drug-likeness (QED) is 0.323. The zero-order valence-corrected chi connectivity index (χ0v) is 18.4. The maximum absolute atomic E-state index is 5.95. The molecule has 146 valence electrons. The van der Waals surface area contributed by atoms with Crippen LogP contribution in [0.4, 0.5) is 5.69 Å². The predicted molar refractivity (Wildman–Crippen MR) is 120 cm³/mol. The van der Waals surface area contributed by atoms with Crippen molar-refractivity contribution < 1.29 is 4.74 Å². The number of nitrogens with zero attached hydrogens (tertiary/aromatic N) is 1. The normalized spacial score (nSPS) is 25.7. The fraction of sp³-hybridized carbons (Fsp3) is 0.650. The van der Waals surface area contributed by atoms with Crippen molar-refractivity contribution in [2.75, 3.05) is 18.4 Å². The first-order valence-corrected chi connectivity index (χ1v) is 9.67. The first-order valence-electron chi connectivity index (χ1n) is 9.67. The smallest absolute Gasteiger partial charge is 0.191 e. The number of hydrogen-bond acceptors (Lipinski definition) is 3. The Morgan fingerprint density at radius 3 is 2.58 bits per heavy atom. The van der Waals surface area contributed by atoms with Crippen LogP contribution in [-0.2, 0) is 4.74 Å². The van der Waals surface area contributed by atoms with E-state index in [1.54, 1.807) is 0 Å².